The van der Waals surface area contributed by atoms with Crippen LogP contribution in [0.1, 0.15) is 226 Å². The van der Waals surface area contributed by atoms with Crippen LogP contribution in [0.15, 0.2) is 24.3 Å². The molecule has 3 atom stereocenters. The van der Waals surface area contributed by atoms with E-state index in [9.17, 15) is 28.0 Å². The number of aliphatic hydroxyl groups excluding tert-OH is 2. The minimum absolute atomic E-state index is 0.278. The van der Waals surface area contributed by atoms with Crippen LogP contribution in [0.3, 0.4) is 0 Å². The average molecular weight is 756 g/mol. The van der Waals surface area contributed by atoms with Gasteiger partial charge in [-0.05, 0) is 32.1 Å². The van der Waals surface area contributed by atoms with Crippen molar-refractivity contribution in [3.8, 4) is 0 Å². The van der Waals surface area contributed by atoms with E-state index in [0.717, 1.165) is 32.1 Å². The third-order valence-corrected chi connectivity index (χ3v) is 11.0. The highest BCUT2D eigenvalue weighted by Gasteiger charge is 2.27. The zero-order valence-corrected chi connectivity index (χ0v) is 34.9. The largest absolute Gasteiger partial charge is 0.387 e. The maximum atomic E-state index is 12.6. The number of unbranched alkanes of at least 4 members (excludes halogenated alkanes) is 29. The minimum atomic E-state index is -4.45. The van der Waals surface area contributed by atoms with Crippen molar-refractivity contribution in [2.45, 2.75) is 244 Å². The Labute approximate surface area is 322 Å². The van der Waals surface area contributed by atoms with Gasteiger partial charge >= 0.3 is 0 Å². The van der Waals surface area contributed by atoms with Crippen LogP contribution in [0.5, 0.6) is 0 Å². The Hall–Kier alpha value is -1.22. The summed E-state index contributed by atoms with van der Waals surface area (Å²) in [5, 5.41) is 23.4. The maximum absolute atomic E-state index is 12.6. The van der Waals surface area contributed by atoms with E-state index in [4.69, 9.17) is 0 Å². The molecule has 0 bridgehead atoms. The van der Waals surface area contributed by atoms with Gasteiger partial charge in [-0.3, -0.25) is 9.35 Å². The first-order chi connectivity index (χ1) is 25.2. The number of allylic oxidation sites excluding steroid dienone is 3. The Morgan fingerprint density at radius 3 is 1.27 bits per heavy atom. The van der Waals surface area contributed by atoms with Gasteiger partial charge in [0.1, 0.15) is 6.10 Å². The van der Waals surface area contributed by atoms with Crippen molar-refractivity contribution in [1.82, 2.24) is 5.32 Å². The van der Waals surface area contributed by atoms with Gasteiger partial charge in [-0.2, -0.15) is 8.42 Å². The first-order valence-electron chi connectivity index (χ1n) is 22.1. The first-order valence-corrected chi connectivity index (χ1v) is 23.8. The zero-order chi connectivity index (χ0) is 38.4. The summed E-state index contributed by atoms with van der Waals surface area (Å²) in [6.07, 6.45) is 45.3. The van der Waals surface area contributed by atoms with Gasteiger partial charge in [-0.15, -0.1) is 0 Å². The molecule has 3 unspecified atom stereocenters. The summed E-state index contributed by atoms with van der Waals surface area (Å²) in [5.74, 6) is -1.55. The molecule has 0 aromatic heterocycles. The Morgan fingerprint density at radius 2 is 0.865 bits per heavy atom. The second-order valence-electron chi connectivity index (χ2n) is 15.5. The van der Waals surface area contributed by atoms with Crippen molar-refractivity contribution in [3.05, 3.63) is 24.3 Å². The standard InChI is InChI=1S/C44H85NO6S/c1-3-5-7-9-11-13-15-17-18-19-20-21-22-23-24-25-27-29-31-33-35-37-39-43(47)44(48)45-41(40-52(49,50)51)42(46)38-36-34-32-30-28-26-16-14-12-10-8-6-4-2/h28,30,36,38,41-43,46-47H,3-27,29,31-35,37,39-40H2,1-2H3,(H,45,48)(H,49,50,51)/b30-28+,38-36+. The lowest BCUT2D eigenvalue weighted by molar-refractivity contribution is -0.130. The number of amides is 1. The molecule has 0 spiro atoms. The summed E-state index contributed by atoms with van der Waals surface area (Å²) in [7, 11) is -4.45. The average Bonchev–Trinajstić information content (AvgIpc) is 3.11. The summed E-state index contributed by atoms with van der Waals surface area (Å²) >= 11 is 0. The van der Waals surface area contributed by atoms with Gasteiger partial charge < -0.3 is 15.5 Å². The summed E-state index contributed by atoms with van der Waals surface area (Å²) < 4.78 is 32.5. The fourth-order valence-corrected chi connectivity index (χ4v) is 7.56. The molecule has 4 N–H and O–H groups in total. The van der Waals surface area contributed by atoms with E-state index in [2.05, 4.69) is 31.3 Å². The second-order valence-corrected chi connectivity index (χ2v) is 17.0. The molecule has 0 heterocycles. The normalized spacial score (nSPS) is 14.0. The van der Waals surface area contributed by atoms with E-state index in [1.54, 1.807) is 6.08 Å². The van der Waals surface area contributed by atoms with E-state index < -0.39 is 40.0 Å². The van der Waals surface area contributed by atoms with Gasteiger partial charge in [-0.1, -0.05) is 218 Å². The van der Waals surface area contributed by atoms with Crippen LogP contribution in [-0.2, 0) is 14.9 Å². The molecule has 0 saturated carbocycles. The lowest BCUT2D eigenvalue weighted by Crippen LogP contribution is -2.50. The van der Waals surface area contributed by atoms with Crippen molar-refractivity contribution in [2.24, 2.45) is 0 Å². The van der Waals surface area contributed by atoms with E-state index in [0.29, 0.717) is 12.8 Å². The van der Waals surface area contributed by atoms with Crippen molar-refractivity contribution < 1.29 is 28.0 Å². The molecular formula is C44H85NO6S. The maximum Gasteiger partial charge on any atom is 0.267 e. The number of carbonyl (C=O) groups is 1. The SMILES string of the molecule is CCCCCCCCC/C=C/CC/C=C/C(O)C(CS(=O)(=O)O)NC(=O)C(O)CCCCCCCCCCCCCCCCCCCCCCCC. The fraction of sp³-hybridized carbons (Fsp3) is 0.886. The monoisotopic (exact) mass is 756 g/mol. The number of hydrogen-bond acceptors (Lipinski definition) is 5. The molecule has 0 aromatic rings. The predicted octanol–water partition coefficient (Wildman–Crippen LogP) is 12.1. The summed E-state index contributed by atoms with van der Waals surface area (Å²) in [4.78, 5) is 12.6. The molecule has 7 nitrogen and oxygen atoms in total. The highest BCUT2D eigenvalue weighted by atomic mass is 32.2. The lowest BCUT2D eigenvalue weighted by Gasteiger charge is -2.22. The van der Waals surface area contributed by atoms with Gasteiger partial charge in [0.25, 0.3) is 10.1 Å². The molecule has 0 aromatic carbocycles. The third-order valence-electron chi connectivity index (χ3n) is 10.2. The van der Waals surface area contributed by atoms with Crippen LogP contribution in [0.2, 0.25) is 0 Å². The minimum Gasteiger partial charge on any atom is -0.387 e. The van der Waals surface area contributed by atoms with Crippen molar-refractivity contribution in [1.29, 1.82) is 0 Å². The summed E-state index contributed by atoms with van der Waals surface area (Å²) in [6.45, 7) is 4.51. The van der Waals surface area contributed by atoms with Gasteiger partial charge in [0.2, 0.25) is 5.91 Å². The molecule has 0 aliphatic rings. The topological polar surface area (TPSA) is 124 Å². The molecule has 0 aliphatic heterocycles. The first kappa shape index (κ1) is 50.8. The quantitative estimate of drug-likeness (QED) is 0.0280. The van der Waals surface area contributed by atoms with Crippen LogP contribution >= 0.6 is 0 Å². The van der Waals surface area contributed by atoms with Gasteiger partial charge in [0, 0.05) is 0 Å². The molecule has 52 heavy (non-hydrogen) atoms. The molecule has 8 heteroatoms. The number of carbonyl (C=O) groups excluding carboxylic acids is 1. The number of rotatable bonds is 40. The molecule has 0 fully saturated rings. The fourth-order valence-electron chi connectivity index (χ4n) is 6.83. The Balaban J connectivity index is 3.92. The number of hydrogen-bond donors (Lipinski definition) is 4. The van der Waals surface area contributed by atoms with E-state index >= 15 is 0 Å². The molecule has 0 aliphatic carbocycles. The van der Waals surface area contributed by atoms with Crippen LogP contribution in [0, 0.1) is 0 Å². The summed E-state index contributed by atoms with van der Waals surface area (Å²) in [6, 6.07) is -1.24. The van der Waals surface area contributed by atoms with Crippen LogP contribution in [-0.4, -0.2) is 53.1 Å². The molecule has 1 amide bonds. The lowest BCUT2D eigenvalue weighted by atomic mass is 10.0. The van der Waals surface area contributed by atoms with Gasteiger partial charge in [-0.25, -0.2) is 0 Å². The smallest absolute Gasteiger partial charge is 0.267 e. The van der Waals surface area contributed by atoms with E-state index in [1.165, 1.54) is 167 Å². The molecule has 0 rings (SSSR count). The van der Waals surface area contributed by atoms with Crippen molar-refractivity contribution in [2.75, 3.05) is 5.75 Å². The number of nitrogens with one attached hydrogen (secondary N) is 1. The Bertz CT molecular complexity index is 937. The molecule has 0 saturated heterocycles. The van der Waals surface area contributed by atoms with Crippen molar-refractivity contribution in [3.63, 3.8) is 0 Å². The third kappa shape index (κ3) is 37.1. The predicted molar refractivity (Wildman–Crippen MR) is 222 cm³/mol. The van der Waals surface area contributed by atoms with Crippen LogP contribution < -0.4 is 5.32 Å². The second kappa shape index (κ2) is 38.1. The van der Waals surface area contributed by atoms with Crippen LogP contribution in [0.4, 0.5) is 0 Å². The highest BCUT2D eigenvalue weighted by molar-refractivity contribution is 7.85. The van der Waals surface area contributed by atoms with Gasteiger partial charge in [0.15, 0.2) is 0 Å². The van der Waals surface area contributed by atoms with Crippen molar-refractivity contribution >= 4 is 16.0 Å². The molecular weight excluding hydrogens is 671 g/mol. The van der Waals surface area contributed by atoms with Crippen LogP contribution in [0.25, 0.3) is 0 Å². The zero-order valence-electron chi connectivity index (χ0n) is 34.1. The number of aliphatic hydroxyl groups is 2. The van der Waals surface area contributed by atoms with E-state index in [-0.39, 0.29) is 6.42 Å². The molecule has 308 valence electrons. The van der Waals surface area contributed by atoms with E-state index in [1.807, 2.05) is 0 Å². The van der Waals surface area contributed by atoms with Gasteiger partial charge in [0.05, 0.1) is 17.9 Å². The Morgan fingerprint density at radius 1 is 0.519 bits per heavy atom. The highest BCUT2D eigenvalue weighted by Crippen LogP contribution is 2.16. The Kier molecular flexibility index (Phi) is 37.2. The molecule has 0 radical (unpaired) electrons. The summed E-state index contributed by atoms with van der Waals surface area (Å²) in [5.41, 5.74) is 0.